The molecule has 0 spiro atoms. The van der Waals surface area contributed by atoms with Crippen LogP contribution in [0.3, 0.4) is 0 Å². The molecule has 1 heterocycles. The fourth-order valence-electron chi connectivity index (χ4n) is 4.20. The van der Waals surface area contributed by atoms with E-state index in [1.54, 1.807) is 11.1 Å². The predicted octanol–water partition coefficient (Wildman–Crippen LogP) is 6.81. The van der Waals surface area contributed by atoms with Crippen molar-refractivity contribution >= 4 is 17.3 Å². The van der Waals surface area contributed by atoms with Crippen molar-refractivity contribution in [1.82, 2.24) is 0 Å². The fraction of sp³-hybridized carbons (Fsp3) is 0.619. The van der Waals surface area contributed by atoms with Crippen LogP contribution in [-0.2, 0) is 0 Å². The molecule has 22 heavy (non-hydrogen) atoms. The maximum atomic E-state index is 2.41. The van der Waals surface area contributed by atoms with Gasteiger partial charge in [-0.15, -0.1) is 11.8 Å². The highest BCUT2D eigenvalue weighted by Gasteiger charge is 2.24. The van der Waals surface area contributed by atoms with E-state index in [4.69, 9.17) is 0 Å². The average Bonchev–Trinajstić information content (AvgIpc) is 2.76. The Morgan fingerprint density at radius 2 is 1.91 bits per heavy atom. The van der Waals surface area contributed by atoms with E-state index in [9.17, 15) is 0 Å². The first-order chi connectivity index (χ1) is 10.6. The Kier molecular flexibility index (Phi) is 5.33. The molecule has 0 amide bonds. The minimum atomic E-state index is 0.867. The monoisotopic (exact) mass is 314 g/mol. The van der Waals surface area contributed by atoms with E-state index in [-0.39, 0.29) is 0 Å². The van der Waals surface area contributed by atoms with Gasteiger partial charge in [-0.1, -0.05) is 56.9 Å². The Bertz CT molecular complexity index is 541. The Morgan fingerprint density at radius 1 is 1.09 bits per heavy atom. The summed E-state index contributed by atoms with van der Waals surface area (Å²) in [6.07, 6.45) is 8.54. The van der Waals surface area contributed by atoms with Gasteiger partial charge in [0.2, 0.25) is 0 Å². The van der Waals surface area contributed by atoms with Crippen LogP contribution < -0.4 is 0 Å². The number of thioether (sulfide) groups is 1. The summed E-state index contributed by atoms with van der Waals surface area (Å²) in [6, 6.07) is 9.03. The molecule has 2 unspecified atom stereocenters. The molecule has 1 aromatic carbocycles. The largest absolute Gasteiger partial charge is 0.121 e. The topological polar surface area (TPSA) is 0 Å². The second-order valence-corrected chi connectivity index (χ2v) is 8.64. The third kappa shape index (κ3) is 3.62. The molecule has 0 radical (unpaired) electrons. The molecule has 120 valence electrons. The van der Waals surface area contributed by atoms with E-state index in [1.807, 2.05) is 11.8 Å². The van der Waals surface area contributed by atoms with Gasteiger partial charge in [-0.05, 0) is 61.1 Å². The summed E-state index contributed by atoms with van der Waals surface area (Å²) in [7, 11) is 0. The lowest BCUT2D eigenvalue weighted by Gasteiger charge is -2.25. The third-order valence-corrected chi connectivity index (χ3v) is 6.98. The molecule has 0 N–H and O–H groups in total. The molecule has 3 rings (SSSR count). The molecular formula is C21H30S. The molecule has 2 aliphatic rings. The van der Waals surface area contributed by atoms with Gasteiger partial charge in [0.15, 0.2) is 0 Å². The van der Waals surface area contributed by atoms with E-state index in [0.717, 1.165) is 17.8 Å². The van der Waals surface area contributed by atoms with Crippen molar-refractivity contribution in [2.45, 2.75) is 64.2 Å². The quantitative estimate of drug-likeness (QED) is 0.552. The predicted molar refractivity (Wildman–Crippen MR) is 99.3 cm³/mol. The van der Waals surface area contributed by atoms with Crippen molar-refractivity contribution in [2.24, 2.45) is 17.8 Å². The van der Waals surface area contributed by atoms with Crippen molar-refractivity contribution in [3.63, 3.8) is 0 Å². The number of rotatable bonds is 3. The lowest BCUT2D eigenvalue weighted by molar-refractivity contribution is 0.336. The number of hydrogen-bond donors (Lipinski definition) is 0. The molecule has 1 aliphatic heterocycles. The highest BCUT2D eigenvalue weighted by Crippen LogP contribution is 2.42. The van der Waals surface area contributed by atoms with E-state index < -0.39 is 0 Å². The maximum Gasteiger partial charge on any atom is 0.0194 e. The molecular weight excluding hydrogens is 284 g/mol. The van der Waals surface area contributed by atoms with Crippen LogP contribution in [0.4, 0.5) is 0 Å². The van der Waals surface area contributed by atoms with Crippen molar-refractivity contribution in [3.05, 3.63) is 35.4 Å². The molecule has 0 nitrogen and oxygen atoms in total. The lowest BCUT2D eigenvalue weighted by atomic mass is 9.85. The zero-order valence-electron chi connectivity index (χ0n) is 14.4. The first-order valence-corrected chi connectivity index (χ1v) is 10.0. The van der Waals surface area contributed by atoms with Crippen LogP contribution in [0.25, 0.3) is 5.57 Å². The lowest BCUT2D eigenvalue weighted by Crippen LogP contribution is -2.08. The van der Waals surface area contributed by atoms with Crippen LogP contribution in [0.15, 0.2) is 34.7 Å². The van der Waals surface area contributed by atoms with Crippen LogP contribution in [0.1, 0.15) is 64.9 Å². The summed E-state index contributed by atoms with van der Waals surface area (Å²) in [5.74, 6) is 3.93. The van der Waals surface area contributed by atoms with Gasteiger partial charge < -0.3 is 0 Å². The smallest absolute Gasteiger partial charge is 0.0194 e. The van der Waals surface area contributed by atoms with Crippen LogP contribution >= 0.6 is 11.8 Å². The van der Waals surface area contributed by atoms with Gasteiger partial charge in [0, 0.05) is 10.6 Å². The average molecular weight is 315 g/mol. The Hall–Kier alpha value is -0.690. The number of fused-ring (bicyclic) bond motifs is 1. The Balaban J connectivity index is 1.72. The van der Waals surface area contributed by atoms with Crippen LogP contribution in [-0.4, -0.2) is 5.75 Å². The van der Waals surface area contributed by atoms with Crippen molar-refractivity contribution < 1.29 is 0 Å². The summed E-state index contributed by atoms with van der Waals surface area (Å²) in [4.78, 5) is 1.50. The normalized spacial score (nSPS) is 26.0. The van der Waals surface area contributed by atoms with Crippen molar-refractivity contribution in [1.29, 1.82) is 0 Å². The highest BCUT2D eigenvalue weighted by atomic mass is 32.2. The summed E-state index contributed by atoms with van der Waals surface area (Å²) >= 11 is 2.01. The van der Waals surface area contributed by atoms with Gasteiger partial charge in [0.05, 0.1) is 0 Å². The third-order valence-electron chi connectivity index (χ3n) is 5.74. The van der Waals surface area contributed by atoms with Gasteiger partial charge in [-0.3, -0.25) is 0 Å². The molecule has 2 atom stereocenters. The minimum Gasteiger partial charge on any atom is -0.121 e. The molecule has 0 bridgehead atoms. The van der Waals surface area contributed by atoms with Gasteiger partial charge >= 0.3 is 0 Å². The maximum absolute atomic E-state index is 2.41. The zero-order chi connectivity index (χ0) is 15.5. The standard InChI is InChI=1S/C21H30S/c1-15(2)18-8-6-7-17(11-12-18)13-20-16(3)14-22-21-10-5-4-9-19(20)21/h4-5,9-10,15,17-18H,6-8,11-14H2,1-3H3. The fourth-order valence-corrected chi connectivity index (χ4v) is 5.26. The first kappa shape index (κ1) is 16.2. The van der Waals surface area contributed by atoms with Gasteiger partial charge in [0.25, 0.3) is 0 Å². The van der Waals surface area contributed by atoms with E-state index >= 15 is 0 Å². The highest BCUT2D eigenvalue weighted by molar-refractivity contribution is 7.99. The molecule has 0 aromatic heterocycles. The van der Waals surface area contributed by atoms with Crippen LogP contribution in [0.2, 0.25) is 0 Å². The van der Waals surface area contributed by atoms with Gasteiger partial charge in [0.1, 0.15) is 0 Å². The van der Waals surface area contributed by atoms with E-state index in [0.29, 0.717) is 0 Å². The van der Waals surface area contributed by atoms with E-state index in [2.05, 4.69) is 45.0 Å². The molecule has 1 saturated carbocycles. The molecule has 1 heteroatoms. The number of allylic oxidation sites excluding steroid dienone is 1. The summed E-state index contributed by atoms with van der Waals surface area (Å²) < 4.78 is 0. The van der Waals surface area contributed by atoms with Gasteiger partial charge in [-0.25, -0.2) is 0 Å². The van der Waals surface area contributed by atoms with Crippen LogP contribution in [0, 0.1) is 17.8 Å². The minimum absolute atomic E-state index is 0.867. The summed E-state index contributed by atoms with van der Waals surface area (Å²) in [5, 5.41) is 0. The molecule has 1 fully saturated rings. The number of benzene rings is 1. The van der Waals surface area contributed by atoms with Crippen molar-refractivity contribution in [3.8, 4) is 0 Å². The molecule has 1 aliphatic carbocycles. The first-order valence-electron chi connectivity index (χ1n) is 9.06. The van der Waals surface area contributed by atoms with E-state index in [1.165, 1.54) is 54.7 Å². The van der Waals surface area contributed by atoms with Crippen LogP contribution in [0.5, 0.6) is 0 Å². The van der Waals surface area contributed by atoms with Crippen molar-refractivity contribution in [2.75, 3.05) is 5.75 Å². The van der Waals surface area contributed by atoms with Gasteiger partial charge in [-0.2, -0.15) is 0 Å². The summed E-state index contributed by atoms with van der Waals surface area (Å²) in [6.45, 7) is 7.17. The SMILES string of the molecule is CC1=C(CC2CCCC(C(C)C)CC2)c2ccccc2SC1. The zero-order valence-corrected chi connectivity index (χ0v) is 15.2. The molecule has 0 saturated heterocycles. The second kappa shape index (κ2) is 7.25. The second-order valence-electron chi connectivity index (χ2n) is 7.63. The number of hydrogen-bond acceptors (Lipinski definition) is 1. The Morgan fingerprint density at radius 3 is 2.73 bits per heavy atom. The molecule has 1 aromatic rings. The summed E-state index contributed by atoms with van der Waals surface area (Å²) in [5.41, 5.74) is 4.82. The Labute approximate surface area is 140 Å².